The van der Waals surface area contributed by atoms with Crippen molar-refractivity contribution in [1.82, 2.24) is 4.90 Å². The molecule has 1 aromatic rings. The van der Waals surface area contributed by atoms with E-state index in [0.717, 1.165) is 0 Å². The largest absolute Gasteiger partial charge is 0.393 e. The number of hydrogen-bond acceptors (Lipinski definition) is 1. The average molecular weight is 309 g/mol. The van der Waals surface area contributed by atoms with Crippen molar-refractivity contribution >= 4 is 0 Å². The molecule has 0 radical (unpaired) electrons. The molecule has 1 nitrogen and oxygen atoms in total. The lowest BCUT2D eigenvalue weighted by atomic mass is 9.77. The van der Waals surface area contributed by atoms with Crippen molar-refractivity contribution in [2.24, 2.45) is 11.8 Å². The molecule has 2 fully saturated rings. The third kappa shape index (κ3) is 2.41. The molecule has 21 heavy (non-hydrogen) atoms. The van der Waals surface area contributed by atoms with Crippen LogP contribution in [0.4, 0.5) is 26.3 Å². The van der Waals surface area contributed by atoms with Gasteiger partial charge in [0.05, 0.1) is 17.4 Å². The molecule has 116 valence electrons. The van der Waals surface area contributed by atoms with Crippen molar-refractivity contribution in [2.75, 3.05) is 13.1 Å². The van der Waals surface area contributed by atoms with Gasteiger partial charge in [0.15, 0.2) is 0 Å². The fourth-order valence-electron chi connectivity index (χ4n) is 3.40. The number of benzene rings is 1. The van der Waals surface area contributed by atoms with Crippen molar-refractivity contribution in [2.45, 2.75) is 24.3 Å². The van der Waals surface area contributed by atoms with Gasteiger partial charge in [0.25, 0.3) is 0 Å². The van der Waals surface area contributed by atoms with Gasteiger partial charge in [-0.25, -0.2) is 0 Å². The Kier molecular flexibility index (Phi) is 3.06. The van der Waals surface area contributed by atoms with Crippen molar-refractivity contribution < 1.29 is 26.3 Å². The molecule has 0 amide bonds. The van der Waals surface area contributed by atoms with E-state index in [9.17, 15) is 26.3 Å². The van der Waals surface area contributed by atoms with Crippen LogP contribution in [0.2, 0.25) is 0 Å². The minimum Gasteiger partial charge on any atom is -0.290 e. The molecule has 2 heterocycles. The Morgan fingerprint density at radius 1 is 0.905 bits per heavy atom. The molecular formula is C14H13F6N. The van der Waals surface area contributed by atoms with Crippen molar-refractivity contribution in [3.8, 4) is 0 Å². The SMILES string of the molecule is FC(F)(F)C1CN2CC2(c2ccccc2)CC1C(F)(F)F. The van der Waals surface area contributed by atoms with Gasteiger partial charge >= 0.3 is 12.4 Å². The fraction of sp³-hybridized carbons (Fsp3) is 0.571. The number of rotatable bonds is 1. The second-order valence-electron chi connectivity index (χ2n) is 5.78. The zero-order valence-electron chi connectivity index (χ0n) is 10.9. The number of fused-ring (bicyclic) bond motifs is 1. The maximum atomic E-state index is 13.1. The number of nitrogens with zero attached hydrogens (tertiary/aromatic N) is 1. The Hall–Kier alpha value is -1.24. The first-order chi connectivity index (χ1) is 9.64. The van der Waals surface area contributed by atoms with E-state index in [1.54, 1.807) is 30.3 Å². The van der Waals surface area contributed by atoms with Gasteiger partial charge in [0.1, 0.15) is 0 Å². The molecule has 2 aliphatic heterocycles. The van der Waals surface area contributed by atoms with Crippen molar-refractivity contribution in [1.29, 1.82) is 0 Å². The molecule has 4 unspecified atom stereocenters. The van der Waals surface area contributed by atoms with Crippen LogP contribution in [-0.4, -0.2) is 30.3 Å². The summed E-state index contributed by atoms with van der Waals surface area (Å²) in [4.78, 5) is 1.50. The van der Waals surface area contributed by atoms with E-state index < -0.39 is 42.7 Å². The summed E-state index contributed by atoms with van der Waals surface area (Å²) < 4.78 is 78.0. The second kappa shape index (κ2) is 4.38. The fourth-order valence-corrected chi connectivity index (χ4v) is 3.40. The van der Waals surface area contributed by atoms with Crippen LogP contribution in [-0.2, 0) is 5.54 Å². The number of alkyl halides is 6. The topological polar surface area (TPSA) is 3.01 Å². The molecule has 0 N–H and O–H groups in total. The van der Waals surface area contributed by atoms with E-state index in [2.05, 4.69) is 0 Å². The summed E-state index contributed by atoms with van der Waals surface area (Å²) >= 11 is 0. The first-order valence-corrected chi connectivity index (χ1v) is 6.58. The van der Waals surface area contributed by atoms with Gasteiger partial charge in [-0.2, -0.15) is 26.3 Å². The molecule has 0 aromatic heterocycles. The zero-order valence-corrected chi connectivity index (χ0v) is 10.9. The third-order valence-corrected chi connectivity index (χ3v) is 4.57. The lowest BCUT2D eigenvalue weighted by Crippen LogP contribution is -2.48. The Labute approximate surface area is 117 Å². The highest BCUT2D eigenvalue weighted by Gasteiger charge is 2.67. The van der Waals surface area contributed by atoms with Crippen LogP contribution < -0.4 is 0 Å². The maximum absolute atomic E-state index is 13.1. The number of halogens is 6. The van der Waals surface area contributed by atoms with Gasteiger partial charge in [0.2, 0.25) is 0 Å². The van der Waals surface area contributed by atoms with Crippen LogP contribution >= 0.6 is 0 Å². The zero-order chi connectivity index (χ0) is 15.5. The minimum atomic E-state index is -4.84. The number of hydrogen-bond donors (Lipinski definition) is 0. The summed E-state index contributed by atoms with van der Waals surface area (Å²) in [6.07, 6.45) is -10.2. The predicted octanol–water partition coefficient (Wildman–Crippen LogP) is 3.96. The Bertz CT molecular complexity index is 523. The molecule has 0 spiro atoms. The van der Waals surface area contributed by atoms with Gasteiger partial charge < -0.3 is 0 Å². The standard InChI is InChI=1S/C14H13F6N/c15-13(16,17)10-6-12(9-4-2-1-3-5-9)8-21(12)7-11(10)14(18,19)20/h1-5,10-11H,6-8H2. The Balaban J connectivity index is 1.93. The highest BCUT2D eigenvalue weighted by atomic mass is 19.4. The summed E-state index contributed by atoms with van der Waals surface area (Å²) in [5.74, 6) is -4.67. The molecule has 2 aliphatic rings. The van der Waals surface area contributed by atoms with Crippen LogP contribution in [0.3, 0.4) is 0 Å². The van der Waals surface area contributed by atoms with E-state index in [0.29, 0.717) is 5.56 Å². The van der Waals surface area contributed by atoms with Crippen molar-refractivity contribution in [3.63, 3.8) is 0 Å². The van der Waals surface area contributed by atoms with Gasteiger partial charge in [-0.15, -0.1) is 0 Å². The van der Waals surface area contributed by atoms with Gasteiger partial charge in [-0.1, -0.05) is 30.3 Å². The molecular weight excluding hydrogens is 296 g/mol. The summed E-state index contributed by atoms with van der Waals surface area (Å²) in [6, 6.07) is 8.48. The van der Waals surface area contributed by atoms with Crippen LogP contribution in [0.25, 0.3) is 0 Å². The third-order valence-electron chi connectivity index (χ3n) is 4.57. The van der Waals surface area contributed by atoms with Crippen LogP contribution in [0.1, 0.15) is 12.0 Å². The Morgan fingerprint density at radius 3 is 2.00 bits per heavy atom. The second-order valence-corrected chi connectivity index (χ2v) is 5.78. The van der Waals surface area contributed by atoms with E-state index in [1.807, 2.05) is 0 Å². The van der Waals surface area contributed by atoms with E-state index in [1.165, 1.54) is 4.90 Å². The van der Waals surface area contributed by atoms with E-state index >= 15 is 0 Å². The molecule has 0 aliphatic carbocycles. The molecule has 0 bridgehead atoms. The number of piperidine rings is 1. The van der Waals surface area contributed by atoms with Gasteiger partial charge in [-0.05, 0) is 12.0 Å². The molecule has 7 heteroatoms. The first kappa shape index (κ1) is 14.7. The van der Waals surface area contributed by atoms with Crippen molar-refractivity contribution in [3.05, 3.63) is 35.9 Å². The summed E-state index contributed by atoms with van der Waals surface area (Å²) in [5, 5.41) is 0. The smallest absolute Gasteiger partial charge is 0.290 e. The summed E-state index contributed by atoms with van der Waals surface area (Å²) in [7, 11) is 0. The van der Waals surface area contributed by atoms with Gasteiger partial charge in [-0.3, -0.25) is 4.90 Å². The quantitative estimate of drug-likeness (QED) is 0.560. The highest BCUT2D eigenvalue weighted by Crippen LogP contribution is 2.58. The van der Waals surface area contributed by atoms with E-state index in [-0.39, 0.29) is 6.54 Å². The first-order valence-electron chi connectivity index (χ1n) is 6.58. The van der Waals surface area contributed by atoms with Crippen LogP contribution in [0.15, 0.2) is 30.3 Å². The van der Waals surface area contributed by atoms with Gasteiger partial charge in [0, 0.05) is 13.1 Å². The van der Waals surface area contributed by atoms with E-state index in [4.69, 9.17) is 0 Å². The summed E-state index contributed by atoms with van der Waals surface area (Å²) in [5.41, 5.74) is -0.205. The molecule has 1 aromatic carbocycles. The van der Waals surface area contributed by atoms with Crippen LogP contribution in [0, 0.1) is 11.8 Å². The summed E-state index contributed by atoms with van der Waals surface area (Å²) in [6.45, 7) is -0.321. The maximum Gasteiger partial charge on any atom is 0.393 e. The monoisotopic (exact) mass is 309 g/mol. The average Bonchev–Trinajstić information content (AvgIpc) is 3.11. The minimum absolute atomic E-state index is 0.260. The molecule has 4 atom stereocenters. The molecule has 0 saturated carbocycles. The van der Waals surface area contributed by atoms with Crippen LogP contribution in [0.5, 0.6) is 0 Å². The molecule has 2 saturated heterocycles. The normalized spacial score (nSPS) is 36.2. The molecule has 3 rings (SSSR count). The highest BCUT2D eigenvalue weighted by molar-refractivity contribution is 5.33. The Morgan fingerprint density at radius 2 is 1.48 bits per heavy atom. The lowest BCUT2D eigenvalue weighted by Gasteiger charge is -2.38. The lowest BCUT2D eigenvalue weighted by molar-refractivity contribution is -0.265. The predicted molar refractivity (Wildman–Crippen MR) is 63.4 cm³/mol.